The summed E-state index contributed by atoms with van der Waals surface area (Å²) in [7, 11) is 1.60. The maximum Gasteiger partial charge on any atom is 0.247 e. The lowest BCUT2D eigenvalue weighted by Crippen LogP contribution is -2.63. The summed E-state index contributed by atoms with van der Waals surface area (Å²) in [5, 5.41) is 0.615. The number of rotatable bonds is 3. The molecule has 2 aromatic carbocycles. The Morgan fingerprint density at radius 3 is 2.43 bits per heavy atom. The van der Waals surface area contributed by atoms with Gasteiger partial charge in [0.15, 0.2) is 0 Å². The zero-order valence-electron chi connectivity index (χ0n) is 11.5. The summed E-state index contributed by atoms with van der Waals surface area (Å²) in [6.07, 6.45) is 0. The Bertz CT molecular complexity index is 672. The second kappa shape index (κ2) is 5.39. The van der Waals surface area contributed by atoms with E-state index in [4.69, 9.17) is 22.1 Å². The maximum atomic E-state index is 12.1. The fourth-order valence-electron chi connectivity index (χ4n) is 2.59. The summed E-state index contributed by atoms with van der Waals surface area (Å²) >= 11 is 6.23. The molecule has 4 nitrogen and oxygen atoms in total. The van der Waals surface area contributed by atoms with Crippen LogP contribution in [0.2, 0.25) is 5.02 Å². The fraction of sp³-hybridized carbons (Fsp3) is 0.188. The molecule has 5 heteroatoms. The third-order valence-corrected chi connectivity index (χ3v) is 4.06. The van der Waals surface area contributed by atoms with E-state index in [9.17, 15) is 4.79 Å². The van der Waals surface area contributed by atoms with Crippen LogP contribution in [-0.2, 0) is 4.79 Å². The standard InChI is InChI=1S/C16H15ClN2O2/c1-21-11-8-6-10(7-9-11)19-15(14(18)16(19)20)12-4-2-3-5-13(12)17/h2-9,14-15H,18H2,1H3/t14-,15+/m0/s1. The molecule has 2 aromatic rings. The van der Waals surface area contributed by atoms with Crippen molar-refractivity contribution >= 4 is 23.2 Å². The molecular formula is C16H15ClN2O2. The second-order valence-electron chi connectivity index (χ2n) is 4.90. The van der Waals surface area contributed by atoms with Crippen molar-refractivity contribution in [2.24, 2.45) is 5.73 Å². The van der Waals surface area contributed by atoms with Crippen molar-refractivity contribution in [1.29, 1.82) is 0 Å². The number of anilines is 1. The molecule has 0 bridgehead atoms. The van der Waals surface area contributed by atoms with E-state index in [1.807, 2.05) is 42.5 Å². The number of benzene rings is 2. The van der Waals surface area contributed by atoms with E-state index in [-0.39, 0.29) is 11.9 Å². The highest BCUT2D eigenvalue weighted by molar-refractivity contribution is 6.31. The number of β-lactam (4-membered cyclic amide) rings is 1. The minimum absolute atomic E-state index is 0.106. The monoisotopic (exact) mass is 302 g/mol. The van der Waals surface area contributed by atoms with Crippen molar-refractivity contribution in [2.75, 3.05) is 12.0 Å². The molecule has 3 rings (SSSR count). The molecule has 1 aliphatic rings. The predicted molar refractivity (Wildman–Crippen MR) is 82.6 cm³/mol. The van der Waals surface area contributed by atoms with Gasteiger partial charge in [0.2, 0.25) is 5.91 Å². The Balaban J connectivity index is 1.96. The number of carbonyl (C=O) groups is 1. The lowest BCUT2D eigenvalue weighted by atomic mass is 9.88. The lowest BCUT2D eigenvalue weighted by Gasteiger charge is -2.45. The Morgan fingerprint density at radius 2 is 1.81 bits per heavy atom. The van der Waals surface area contributed by atoms with Gasteiger partial charge in [-0.1, -0.05) is 29.8 Å². The number of methoxy groups -OCH3 is 1. The van der Waals surface area contributed by atoms with E-state index >= 15 is 0 Å². The summed E-state index contributed by atoms with van der Waals surface area (Å²) in [5.41, 5.74) is 7.62. The van der Waals surface area contributed by atoms with Crippen molar-refractivity contribution in [1.82, 2.24) is 0 Å². The van der Waals surface area contributed by atoms with Crippen molar-refractivity contribution in [3.8, 4) is 5.75 Å². The van der Waals surface area contributed by atoms with E-state index in [1.165, 1.54) is 0 Å². The van der Waals surface area contributed by atoms with Gasteiger partial charge in [-0.05, 0) is 35.9 Å². The molecule has 1 aliphatic heterocycles. The average molecular weight is 303 g/mol. The van der Waals surface area contributed by atoms with Gasteiger partial charge >= 0.3 is 0 Å². The predicted octanol–water partition coefficient (Wildman–Crippen LogP) is 2.76. The molecular weight excluding hydrogens is 288 g/mol. The number of hydrogen-bond donors (Lipinski definition) is 1. The van der Waals surface area contributed by atoms with Gasteiger partial charge in [0.1, 0.15) is 11.8 Å². The number of hydrogen-bond acceptors (Lipinski definition) is 3. The van der Waals surface area contributed by atoms with Gasteiger partial charge in [0, 0.05) is 10.7 Å². The molecule has 0 aliphatic carbocycles. The topological polar surface area (TPSA) is 55.6 Å². The molecule has 0 saturated carbocycles. The van der Waals surface area contributed by atoms with E-state index in [2.05, 4.69) is 0 Å². The first-order chi connectivity index (χ1) is 10.1. The summed E-state index contributed by atoms with van der Waals surface area (Å²) in [5.74, 6) is 0.635. The number of nitrogens with two attached hydrogens (primary N) is 1. The number of amides is 1. The smallest absolute Gasteiger partial charge is 0.247 e. The average Bonchev–Trinajstić information content (AvgIpc) is 2.53. The minimum atomic E-state index is -0.563. The highest BCUT2D eigenvalue weighted by atomic mass is 35.5. The fourth-order valence-corrected chi connectivity index (χ4v) is 2.84. The second-order valence-corrected chi connectivity index (χ2v) is 5.31. The summed E-state index contributed by atoms with van der Waals surface area (Å²) in [6, 6.07) is 14.0. The maximum absolute atomic E-state index is 12.1. The minimum Gasteiger partial charge on any atom is -0.497 e. The molecule has 108 valence electrons. The van der Waals surface area contributed by atoms with Crippen molar-refractivity contribution < 1.29 is 9.53 Å². The third-order valence-electron chi connectivity index (χ3n) is 3.72. The van der Waals surface area contributed by atoms with E-state index in [1.54, 1.807) is 18.1 Å². The van der Waals surface area contributed by atoms with Crippen LogP contribution < -0.4 is 15.4 Å². The molecule has 1 saturated heterocycles. The van der Waals surface area contributed by atoms with Crippen LogP contribution in [0.15, 0.2) is 48.5 Å². The Kier molecular flexibility index (Phi) is 3.57. The molecule has 0 unspecified atom stereocenters. The third kappa shape index (κ3) is 2.26. The molecule has 1 amide bonds. The van der Waals surface area contributed by atoms with Crippen LogP contribution in [0.1, 0.15) is 11.6 Å². The van der Waals surface area contributed by atoms with Gasteiger partial charge in [0.25, 0.3) is 0 Å². The molecule has 0 radical (unpaired) electrons. The normalized spacial score (nSPS) is 21.1. The molecule has 1 fully saturated rings. The van der Waals surface area contributed by atoms with Crippen molar-refractivity contribution in [3.63, 3.8) is 0 Å². The molecule has 21 heavy (non-hydrogen) atoms. The lowest BCUT2D eigenvalue weighted by molar-refractivity contribution is -0.126. The summed E-state index contributed by atoms with van der Waals surface area (Å²) in [6.45, 7) is 0. The molecule has 0 spiro atoms. The number of ether oxygens (including phenoxy) is 1. The van der Waals surface area contributed by atoms with Crippen LogP contribution >= 0.6 is 11.6 Å². The van der Waals surface area contributed by atoms with E-state index < -0.39 is 6.04 Å². The van der Waals surface area contributed by atoms with Gasteiger partial charge in [-0.15, -0.1) is 0 Å². The number of nitrogens with zero attached hydrogens (tertiary/aromatic N) is 1. The number of halogens is 1. The highest BCUT2D eigenvalue weighted by Crippen LogP contribution is 2.40. The zero-order valence-corrected chi connectivity index (χ0v) is 12.2. The van der Waals surface area contributed by atoms with Crippen LogP contribution in [0, 0.1) is 0 Å². The van der Waals surface area contributed by atoms with E-state index in [0.717, 1.165) is 17.0 Å². The van der Waals surface area contributed by atoms with E-state index in [0.29, 0.717) is 5.02 Å². The van der Waals surface area contributed by atoms with Crippen LogP contribution in [0.25, 0.3) is 0 Å². The largest absolute Gasteiger partial charge is 0.497 e. The number of carbonyl (C=O) groups excluding carboxylic acids is 1. The van der Waals surface area contributed by atoms with Crippen molar-refractivity contribution in [2.45, 2.75) is 12.1 Å². The molecule has 2 atom stereocenters. The molecule has 2 N–H and O–H groups in total. The van der Waals surface area contributed by atoms with Crippen LogP contribution in [0.5, 0.6) is 5.75 Å². The Morgan fingerprint density at radius 1 is 1.14 bits per heavy atom. The van der Waals surface area contributed by atoms with Crippen molar-refractivity contribution in [3.05, 3.63) is 59.1 Å². The van der Waals surface area contributed by atoms with Gasteiger partial charge in [-0.2, -0.15) is 0 Å². The zero-order chi connectivity index (χ0) is 15.0. The van der Waals surface area contributed by atoms with Gasteiger partial charge in [-0.25, -0.2) is 0 Å². The Labute approximate surface area is 128 Å². The van der Waals surface area contributed by atoms with Crippen LogP contribution in [-0.4, -0.2) is 19.1 Å². The summed E-state index contributed by atoms with van der Waals surface area (Å²) in [4.78, 5) is 13.8. The molecule has 0 aromatic heterocycles. The Hall–Kier alpha value is -2.04. The first kappa shape index (κ1) is 13.9. The highest BCUT2D eigenvalue weighted by Gasteiger charge is 2.47. The first-order valence-corrected chi connectivity index (χ1v) is 6.98. The van der Waals surface area contributed by atoms with Gasteiger partial charge in [-0.3, -0.25) is 4.79 Å². The SMILES string of the molecule is COc1ccc(N2C(=O)[C@@H](N)[C@H]2c2ccccc2Cl)cc1. The van der Waals surface area contributed by atoms with Crippen LogP contribution in [0.4, 0.5) is 5.69 Å². The summed E-state index contributed by atoms with van der Waals surface area (Å²) < 4.78 is 5.13. The van der Waals surface area contributed by atoms with Gasteiger partial charge in [0.05, 0.1) is 13.2 Å². The van der Waals surface area contributed by atoms with Crippen LogP contribution in [0.3, 0.4) is 0 Å². The van der Waals surface area contributed by atoms with Gasteiger partial charge < -0.3 is 15.4 Å². The first-order valence-electron chi connectivity index (χ1n) is 6.60. The molecule has 1 heterocycles. The quantitative estimate of drug-likeness (QED) is 0.887.